The number of rotatable bonds is 13. The van der Waals surface area contributed by atoms with Crippen molar-refractivity contribution in [1.82, 2.24) is 19.6 Å². The molecule has 0 aromatic rings. The third-order valence-electron chi connectivity index (χ3n) is 7.28. The monoisotopic (exact) mass is 574 g/mol. The van der Waals surface area contributed by atoms with Crippen molar-refractivity contribution in [3.05, 3.63) is 0 Å². The molecule has 6 nitrogen and oxygen atoms in total. The summed E-state index contributed by atoms with van der Waals surface area (Å²) in [5, 5.41) is 1.55. The summed E-state index contributed by atoms with van der Waals surface area (Å²) >= 11 is 21.2. The Morgan fingerprint density at radius 3 is 1.47 bits per heavy atom. The van der Waals surface area contributed by atoms with E-state index < -0.39 is 11.6 Å². The number of hydrogen-bond donors (Lipinski definition) is 2. The van der Waals surface area contributed by atoms with Gasteiger partial charge in [-0.25, -0.2) is 0 Å². The average Bonchev–Trinajstić information content (AvgIpc) is 3.24. The molecule has 36 heavy (non-hydrogen) atoms. The van der Waals surface area contributed by atoms with Gasteiger partial charge in [-0.05, 0) is 82.2 Å². The number of thiocarbonyl (C=S) groups is 2. The molecule has 0 N–H and O–H groups in total. The molecule has 2 rings (SSSR count). The molecule has 0 bridgehead atoms. The maximum absolute atomic E-state index is 13.2. The van der Waals surface area contributed by atoms with E-state index in [-0.39, 0.29) is 30.2 Å². The fraction of sp³-hybridized carbons (Fsp3) is 0.846. The summed E-state index contributed by atoms with van der Waals surface area (Å²) in [6, 6.07) is 0. The zero-order chi connectivity index (χ0) is 27.4. The third-order valence-corrected chi connectivity index (χ3v) is 9.22. The molecule has 0 radical (unpaired) electrons. The summed E-state index contributed by atoms with van der Waals surface area (Å²) in [5.41, 5.74) is -0.122. The molecule has 0 aromatic carbocycles. The Morgan fingerprint density at radius 1 is 0.750 bits per heavy atom. The lowest BCUT2D eigenvalue weighted by atomic mass is 9.81. The third kappa shape index (κ3) is 7.96. The fourth-order valence-corrected chi connectivity index (χ4v) is 6.21. The van der Waals surface area contributed by atoms with Crippen LogP contribution in [0.3, 0.4) is 0 Å². The summed E-state index contributed by atoms with van der Waals surface area (Å²) in [5.74, 6) is -0.158. The predicted octanol–water partition coefficient (Wildman–Crippen LogP) is 5.22. The molecule has 2 unspecified atom stereocenters. The molecule has 2 aliphatic heterocycles. The average molecular weight is 575 g/mol. The van der Waals surface area contributed by atoms with E-state index >= 15 is 0 Å². The predicted molar refractivity (Wildman–Crippen MR) is 164 cm³/mol. The van der Waals surface area contributed by atoms with Gasteiger partial charge in [0.2, 0.25) is 11.8 Å². The molecule has 0 aliphatic carbocycles. The largest absolute Gasteiger partial charge is 0.340 e. The number of nitrogens with zero attached hydrogens (tertiary/aromatic N) is 4. The molecule has 206 valence electrons. The number of amides is 2. The molecule has 2 heterocycles. The van der Waals surface area contributed by atoms with Crippen LogP contribution in [-0.2, 0) is 9.59 Å². The van der Waals surface area contributed by atoms with Gasteiger partial charge in [0.15, 0.2) is 10.2 Å². The highest BCUT2D eigenvalue weighted by molar-refractivity contribution is 7.81. The highest BCUT2D eigenvalue weighted by Gasteiger charge is 2.51. The molecule has 2 saturated heterocycles. The summed E-state index contributed by atoms with van der Waals surface area (Å²) in [7, 11) is 0. The van der Waals surface area contributed by atoms with E-state index in [1.165, 1.54) is 0 Å². The van der Waals surface area contributed by atoms with E-state index in [1.54, 1.807) is 9.80 Å². The van der Waals surface area contributed by atoms with Crippen molar-refractivity contribution in [2.75, 3.05) is 26.2 Å². The number of carbonyl (C=O) groups excluding carboxylic acids is 2. The molecule has 0 saturated carbocycles. The summed E-state index contributed by atoms with van der Waals surface area (Å²) in [6.45, 7) is 16.7. The first-order valence-electron chi connectivity index (χ1n) is 13.2. The second-order valence-corrected chi connectivity index (χ2v) is 14.2. The van der Waals surface area contributed by atoms with Crippen LogP contribution in [0.1, 0.15) is 87.0 Å². The normalized spacial score (nSPS) is 19.4. The van der Waals surface area contributed by atoms with Crippen LogP contribution in [0.2, 0.25) is 0 Å². The van der Waals surface area contributed by atoms with Gasteiger partial charge in [-0.1, -0.05) is 34.6 Å². The Kier molecular flexibility index (Phi) is 11.4. The van der Waals surface area contributed by atoms with Crippen molar-refractivity contribution < 1.29 is 9.59 Å². The first kappa shape index (κ1) is 31.6. The SMILES string of the molecule is CCN1CC(=O)N(C(N2C(=O)CN(CC)C2=S)C(C)(C)CCC(S)CCC(S)CCC(C)(C)C)C1=S. The van der Waals surface area contributed by atoms with E-state index in [9.17, 15) is 9.59 Å². The lowest BCUT2D eigenvalue weighted by Gasteiger charge is -2.45. The van der Waals surface area contributed by atoms with Crippen molar-refractivity contribution >= 4 is 71.7 Å². The van der Waals surface area contributed by atoms with Crippen LogP contribution >= 0.6 is 49.7 Å². The Morgan fingerprint density at radius 2 is 1.14 bits per heavy atom. The molecule has 2 fully saturated rings. The van der Waals surface area contributed by atoms with Gasteiger partial charge < -0.3 is 9.80 Å². The van der Waals surface area contributed by atoms with Crippen LogP contribution in [0.5, 0.6) is 0 Å². The topological polar surface area (TPSA) is 47.1 Å². The summed E-state index contributed by atoms with van der Waals surface area (Å²) in [6.07, 6.45) is 5.35. The van der Waals surface area contributed by atoms with E-state index in [1.807, 2.05) is 23.6 Å². The van der Waals surface area contributed by atoms with Crippen LogP contribution in [0.15, 0.2) is 0 Å². The van der Waals surface area contributed by atoms with Crippen LogP contribution < -0.4 is 0 Å². The standard InChI is InChI=1S/C26H46N4O2S4/c1-8-27-16-20(31)29(23(27)35)22(30-21(32)17-28(9-2)24(30)36)26(6,7)15-13-19(34)11-10-18(33)12-14-25(3,4)5/h18-19,22,33-34H,8-17H2,1-7H3. The Bertz CT molecular complexity index is 787. The van der Waals surface area contributed by atoms with Gasteiger partial charge >= 0.3 is 0 Å². The van der Waals surface area contributed by atoms with Gasteiger partial charge in [0, 0.05) is 29.0 Å². The van der Waals surface area contributed by atoms with Crippen molar-refractivity contribution in [3.8, 4) is 0 Å². The lowest BCUT2D eigenvalue weighted by Crippen LogP contribution is -2.60. The zero-order valence-electron chi connectivity index (χ0n) is 23.1. The Labute approximate surface area is 240 Å². The minimum absolute atomic E-state index is 0.0790. The molecular formula is C26H46N4O2S4. The molecule has 0 spiro atoms. The molecule has 10 heteroatoms. The van der Waals surface area contributed by atoms with Gasteiger partial charge in [-0.2, -0.15) is 25.3 Å². The Balaban J connectivity index is 2.16. The van der Waals surface area contributed by atoms with E-state index in [2.05, 4.69) is 34.6 Å². The van der Waals surface area contributed by atoms with Crippen molar-refractivity contribution in [3.63, 3.8) is 0 Å². The van der Waals surface area contributed by atoms with Crippen molar-refractivity contribution in [2.24, 2.45) is 10.8 Å². The molecule has 2 aliphatic rings. The number of carbonyl (C=O) groups is 2. The smallest absolute Gasteiger partial charge is 0.250 e. The highest BCUT2D eigenvalue weighted by atomic mass is 32.1. The molecular weight excluding hydrogens is 529 g/mol. The minimum Gasteiger partial charge on any atom is -0.340 e. The minimum atomic E-state index is -0.560. The van der Waals surface area contributed by atoms with Gasteiger partial charge in [-0.3, -0.25) is 19.4 Å². The van der Waals surface area contributed by atoms with Crippen LogP contribution in [0, 0.1) is 10.8 Å². The second kappa shape index (κ2) is 13.0. The highest BCUT2D eigenvalue weighted by Crippen LogP contribution is 2.38. The molecule has 2 atom stereocenters. The first-order chi connectivity index (χ1) is 16.6. The molecule has 2 amide bonds. The van der Waals surface area contributed by atoms with E-state index in [0.29, 0.717) is 34.0 Å². The Hall–Kier alpha value is -0.580. The van der Waals surface area contributed by atoms with Crippen LogP contribution in [-0.4, -0.2) is 84.5 Å². The maximum atomic E-state index is 13.2. The second-order valence-electron chi connectivity index (χ2n) is 12.0. The van der Waals surface area contributed by atoms with Crippen molar-refractivity contribution in [2.45, 2.75) is 104 Å². The molecule has 0 aromatic heterocycles. The zero-order valence-corrected chi connectivity index (χ0v) is 26.5. The fourth-order valence-electron chi connectivity index (χ4n) is 4.86. The number of likely N-dealkylation sites (N-methyl/N-ethyl adjacent to an activating group) is 2. The van der Waals surface area contributed by atoms with Gasteiger partial charge in [0.05, 0.1) is 13.1 Å². The van der Waals surface area contributed by atoms with Crippen LogP contribution in [0.4, 0.5) is 0 Å². The lowest BCUT2D eigenvalue weighted by molar-refractivity contribution is -0.138. The van der Waals surface area contributed by atoms with E-state index in [4.69, 9.17) is 49.7 Å². The van der Waals surface area contributed by atoms with Crippen molar-refractivity contribution in [1.29, 1.82) is 0 Å². The first-order valence-corrected chi connectivity index (χ1v) is 15.1. The maximum Gasteiger partial charge on any atom is 0.250 e. The quantitative estimate of drug-likeness (QED) is 0.232. The summed E-state index contributed by atoms with van der Waals surface area (Å²) in [4.78, 5) is 33.4. The van der Waals surface area contributed by atoms with Gasteiger partial charge in [0.1, 0.15) is 6.17 Å². The van der Waals surface area contributed by atoms with Crippen LogP contribution in [0.25, 0.3) is 0 Å². The number of hydrogen-bond acceptors (Lipinski definition) is 6. The van der Waals surface area contributed by atoms with E-state index in [0.717, 1.165) is 38.5 Å². The number of thiol groups is 2. The van der Waals surface area contributed by atoms with Gasteiger partial charge in [0.25, 0.3) is 0 Å². The summed E-state index contributed by atoms with van der Waals surface area (Å²) < 4.78 is 0. The van der Waals surface area contributed by atoms with Gasteiger partial charge in [-0.15, -0.1) is 0 Å².